The lowest BCUT2D eigenvalue weighted by Crippen LogP contribution is -2.37. The van der Waals surface area contributed by atoms with Crippen molar-refractivity contribution >= 4 is 5.95 Å². The number of morpholine rings is 1. The minimum Gasteiger partial charge on any atom is -0.378 e. The Morgan fingerprint density at radius 2 is 1.64 bits per heavy atom. The van der Waals surface area contributed by atoms with E-state index >= 15 is 0 Å². The van der Waals surface area contributed by atoms with E-state index in [1.807, 2.05) is 12.1 Å². The number of nitrogens with zero attached hydrogens (tertiary/aromatic N) is 4. The fraction of sp³-hybridized carbons (Fsp3) is 0.211. The van der Waals surface area contributed by atoms with Crippen molar-refractivity contribution in [1.82, 2.24) is 15.0 Å². The van der Waals surface area contributed by atoms with Crippen LogP contribution in [0.5, 0.6) is 0 Å². The van der Waals surface area contributed by atoms with Crippen LogP contribution in [0.1, 0.15) is 0 Å². The highest BCUT2D eigenvalue weighted by atomic mass is 19.1. The summed E-state index contributed by atoms with van der Waals surface area (Å²) in [6, 6.07) is 10.2. The largest absolute Gasteiger partial charge is 0.378 e. The maximum Gasteiger partial charge on any atom is 0.226 e. The van der Waals surface area contributed by atoms with Crippen molar-refractivity contribution in [2.45, 2.75) is 0 Å². The molecule has 1 aromatic carbocycles. The van der Waals surface area contributed by atoms with E-state index in [9.17, 15) is 4.39 Å². The molecule has 1 fully saturated rings. The van der Waals surface area contributed by atoms with Gasteiger partial charge in [0.25, 0.3) is 0 Å². The van der Waals surface area contributed by atoms with Crippen LogP contribution in [-0.4, -0.2) is 41.3 Å². The van der Waals surface area contributed by atoms with Crippen molar-refractivity contribution in [3.05, 3.63) is 60.8 Å². The summed E-state index contributed by atoms with van der Waals surface area (Å²) in [6.07, 6.45) is 5.28. The quantitative estimate of drug-likeness (QED) is 0.735. The molecule has 0 amide bonds. The van der Waals surface area contributed by atoms with Crippen molar-refractivity contribution in [1.29, 1.82) is 0 Å². The van der Waals surface area contributed by atoms with Crippen LogP contribution in [-0.2, 0) is 4.74 Å². The number of hydrogen-bond donors (Lipinski definition) is 0. The van der Waals surface area contributed by atoms with E-state index in [4.69, 9.17) is 9.72 Å². The smallest absolute Gasteiger partial charge is 0.226 e. The van der Waals surface area contributed by atoms with E-state index in [1.54, 1.807) is 30.7 Å². The summed E-state index contributed by atoms with van der Waals surface area (Å²) >= 11 is 0. The lowest BCUT2D eigenvalue weighted by molar-refractivity contribution is 0.122. The SMILES string of the molecule is Fc1ccc(-c2cnc(N3CCOCC3)nc2-c2ccncc2)cc1. The Morgan fingerprint density at radius 1 is 0.920 bits per heavy atom. The maximum atomic E-state index is 13.3. The van der Waals surface area contributed by atoms with Crippen LogP contribution >= 0.6 is 0 Å². The van der Waals surface area contributed by atoms with Crippen molar-refractivity contribution in [3.63, 3.8) is 0 Å². The van der Waals surface area contributed by atoms with Gasteiger partial charge in [0, 0.05) is 42.8 Å². The Hall–Kier alpha value is -2.86. The Balaban J connectivity index is 1.81. The van der Waals surface area contributed by atoms with Gasteiger partial charge < -0.3 is 9.64 Å². The third-order valence-corrected chi connectivity index (χ3v) is 4.18. The molecule has 1 aliphatic heterocycles. The molecule has 0 radical (unpaired) electrons. The number of halogens is 1. The average molecular weight is 336 g/mol. The predicted molar refractivity (Wildman–Crippen MR) is 93.7 cm³/mol. The molecule has 4 rings (SSSR count). The third-order valence-electron chi connectivity index (χ3n) is 4.18. The molecule has 3 aromatic rings. The zero-order valence-corrected chi connectivity index (χ0v) is 13.6. The molecule has 1 saturated heterocycles. The van der Waals surface area contributed by atoms with E-state index in [-0.39, 0.29) is 5.82 Å². The lowest BCUT2D eigenvalue weighted by Gasteiger charge is -2.27. The summed E-state index contributed by atoms with van der Waals surface area (Å²) in [5, 5.41) is 0. The standard InChI is InChI=1S/C19H17FN4O/c20-16-3-1-14(2-4-16)17-13-22-19(24-9-11-25-12-10-24)23-18(17)15-5-7-21-8-6-15/h1-8,13H,9-12H2. The second kappa shape index (κ2) is 6.94. The van der Waals surface area contributed by atoms with E-state index in [0.717, 1.165) is 35.5 Å². The highest BCUT2D eigenvalue weighted by Crippen LogP contribution is 2.31. The topological polar surface area (TPSA) is 51.1 Å². The van der Waals surface area contributed by atoms with Gasteiger partial charge in [0.05, 0.1) is 18.9 Å². The van der Waals surface area contributed by atoms with Crippen LogP contribution in [0.25, 0.3) is 22.4 Å². The van der Waals surface area contributed by atoms with Gasteiger partial charge in [-0.15, -0.1) is 0 Å². The predicted octanol–water partition coefficient (Wildman–Crippen LogP) is 3.18. The molecule has 3 heterocycles. The van der Waals surface area contributed by atoms with E-state index in [1.165, 1.54) is 12.1 Å². The average Bonchev–Trinajstić information content (AvgIpc) is 2.70. The number of ether oxygens (including phenoxy) is 1. The molecule has 2 aromatic heterocycles. The minimum absolute atomic E-state index is 0.264. The van der Waals surface area contributed by atoms with Crippen molar-refractivity contribution < 1.29 is 9.13 Å². The third kappa shape index (κ3) is 3.34. The molecular weight excluding hydrogens is 319 g/mol. The highest BCUT2D eigenvalue weighted by molar-refractivity contribution is 5.80. The maximum absolute atomic E-state index is 13.3. The summed E-state index contributed by atoms with van der Waals surface area (Å²) in [5.74, 6) is 0.418. The van der Waals surface area contributed by atoms with Crippen molar-refractivity contribution in [2.75, 3.05) is 31.2 Å². The number of benzene rings is 1. The molecule has 1 aliphatic rings. The number of rotatable bonds is 3. The van der Waals surface area contributed by atoms with Gasteiger partial charge >= 0.3 is 0 Å². The fourth-order valence-electron chi connectivity index (χ4n) is 2.86. The molecule has 25 heavy (non-hydrogen) atoms. The highest BCUT2D eigenvalue weighted by Gasteiger charge is 2.17. The van der Waals surface area contributed by atoms with Gasteiger partial charge in [-0.2, -0.15) is 0 Å². The second-order valence-electron chi connectivity index (χ2n) is 5.77. The molecule has 0 N–H and O–H groups in total. The monoisotopic (exact) mass is 336 g/mol. The molecule has 0 spiro atoms. The van der Waals surface area contributed by atoms with Crippen molar-refractivity contribution in [2.24, 2.45) is 0 Å². The molecule has 5 nitrogen and oxygen atoms in total. The summed E-state index contributed by atoms with van der Waals surface area (Å²) in [4.78, 5) is 15.5. The number of pyridine rings is 1. The second-order valence-corrected chi connectivity index (χ2v) is 5.77. The Labute approximate surface area is 145 Å². The normalized spacial score (nSPS) is 14.5. The lowest BCUT2D eigenvalue weighted by atomic mass is 10.0. The Morgan fingerprint density at radius 3 is 2.36 bits per heavy atom. The van der Waals surface area contributed by atoms with Crippen molar-refractivity contribution in [3.8, 4) is 22.4 Å². The summed E-state index contributed by atoms with van der Waals surface area (Å²) < 4.78 is 18.7. The van der Waals surface area contributed by atoms with Gasteiger partial charge in [-0.1, -0.05) is 12.1 Å². The number of hydrogen-bond acceptors (Lipinski definition) is 5. The Kier molecular flexibility index (Phi) is 4.35. The number of aromatic nitrogens is 3. The fourth-order valence-corrected chi connectivity index (χ4v) is 2.86. The van der Waals surface area contributed by atoms with Crippen LogP contribution in [0.4, 0.5) is 10.3 Å². The van der Waals surface area contributed by atoms with E-state index < -0.39 is 0 Å². The van der Waals surface area contributed by atoms with Crippen LogP contribution in [0.2, 0.25) is 0 Å². The summed E-state index contributed by atoms with van der Waals surface area (Å²) in [7, 11) is 0. The molecule has 0 aliphatic carbocycles. The summed E-state index contributed by atoms with van der Waals surface area (Å²) in [6.45, 7) is 2.89. The van der Waals surface area contributed by atoms with Crippen LogP contribution in [0.15, 0.2) is 55.0 Å². The Bertz CT molecular complexity index is 849. The number of anilines is 1. The first-order chi connectivity index (χ1) is 12.3. The summed E-state index contributed by atoms with van der Waals surface area (Å²) in [5.41, 5.74) is 3.50. The molecular formula is C19H17FN4O. The van der Waals surface area contributed by atoms with Gasteiger partial charge in [0.15, 0.2) is 0 Å². The zero-order valence-electron chi connectivity index (χ0n) is 13.6. The first-order valence-electron chi connectivity index (χ1n) is 8.17. The van der Waals surface area contributed by atoms with Gasteiger partial charge in [0.1, 0.15) is 5.82 Å². The molecule has 126 valence electrons. The zero-order chi connectivity index (χ0) is 17.1. The first kappa shape index (κ1) is 15.7. The van der Waals surface area contributed by atoms with Gasteiger partial charge in [-0.25, -0.2) is 14.4 Å². The molecule has 0 unspecified atom stereocenters. The molecule has 0 bridgehead atoms. The van der Waals surface area contributed by atoms with Gasteiger partial charge in [-0.05, 0) is 29.8 Å². The molecule has 0 saturated carbocycles. The molecule has 6 heteroatoms. The minimum atomic E-state index is -0.264. The van der Waals surface area contributed by atoms with Gasteiger partial charge in [-0.3, -0.25) is 4.98 Å². The molecule has 0 atom stereocenters. The van der Waals surface area contributed by atoms with E-state index in [2.05, 4.69) is 14.9 Å². The van der Waals surface area contributed by atoms with Crippen LogP contribution in [0.3, 0.4) is 0 Å². The first-order valence-corrected chi connectivity index (χ1v) is 8.17. The van der Waals surface area contributed by atoms with Crippen LogP contribution < -0.4 is 4.90 Å². The van der Waals surface area contributed by atoms with E-state index in [0.29, 0.717) is 19.2 Å². The van der Waals surface area contributed by atoms with Crippen LogP contribution in [0, 0.1) is 5.82 Å². The van der Waals surface area contributed by atoms with Gasteiger partial charge in [0.2, 0.25) is 5.95 Å².